The lowest BCUT2D eigenvalue weighted by Gasteiger charge is -2.38. The molecule has 0 N–H and O–H groups in total. The molecule has 0 aromatic heterocycles. The van der Waals surface area contributed by atoms with Crippen LogP contribution in [0.25, 0.3) is 11.6 Å². The van der Waals surface area contributed by atoms with Crippen molar-refractivity contribution >= 4 is 17.3 Å². The lowest BCUT2D eigenvalue weighted by molar-refractivity contribution is -0.384. The van der Waals surface area contributed by atoms with Crippen molar-refractivity contribution in [1.29, 1.82) is 0 Å². The summed E-state index contributed by atoms with van der Waals surface area (Å²) in [6, 6.07) is 24.0. The number of ether oxygens (including phenoxy) is 2. The number of benzene rings is 3. The molecule has 0 radical (unpaired) electrons. The van der Waals surface area contributed by atoms with Gasteiger partial charge in [0.25, 0.3) is 11.5 Å². The molecule has 1 atom stereocenters. The van der Waals surface area contributed by atoms with Gasteiger partial charge in [0.15, 0.2) is 0 Å². The first kappa shape index (κ1) is 17.0. The smallest absolute Gasteiger partial charge is 0.270 e. The second-order valence-corrected chi connectivity index (χ2v) is 6.19. The van der Waals surface area contributed by atoms with Gasteiger partial charge in [0, 0.05) is 35.9 Å². The van der Waals surface area contributed by atoms with Crippen molar-refractivity contribution < 1.29 is 14.4 Å². The monoisotopic (exact) mass is 359 g/mol. The molecule has 0 bridgehead atoms. The van der Waals surface area contributed by atoms with E-state index in [1.165, 1.54) is 12.1 Å². The van der Waals surface area contributed by atoms with Crippen LogP contribution in [-0.4, -0.2) is 12.0 Å². The SMILES string of the molecule is COC1(c2ccccc2)Oc2ccc([N+](=O)[O-])cc2C=C1c1ccccc1. The second kappa shape index (κ2) is 6.70. The molecule has 0 aliphatic carbocycles. The van der Waals surface area contributed by atoms with Crippen molar-refractivity contribution in [3.63, 3.8) is 0 Å². The van der Waals surface area contributed by atoms with Crippen LogP contribution in [0.1, 0.15) is 16.7 Å². The third-order valence-corrected chi connectivity index (χ3v) is 4.64. The van der Waals surface area contributed by atoms with Crippen molar-refractivity contribution in [3.8, 4) is 5.75 Å². The van der Waals surface area contributed by atoms with Gasteiger partial charge in [-0.15, -0.1) is 0 Å². The number of nitro groups is 1. The minimum Gasteiger partial charge on any atom is -0.453 e. The molecule has 1 heterocycles. The largest absolute Gasteiger partial charge is 0.453 e. The van der Waals surface area contributed by atoms with E-state index < -0.39 is 10.7 Å². The Morgan fingerprint density at radius 1 is 0.963 bits per heavy atom. The molecule has 5 nitrogen and oxygen atoms in total. The van der Waals surface area contributed by atoms with E-state index in [-0.39, 0.29) is 5.69 Å². The normalized spacial score (nSPS) is 18.2. The Labute approximate surface area is 156 Å². The molecule has 3 aromatic carbocycles. The Morgan fingerprint density at radius 3 is 2.26 bits per heavy atom. The van der Waals surface area contributed by atoms with E-state index in [1.807, 2.05) is 66.7 Å². The fourth-order valence-corrected chi connectivity index (χ4v) is 3.35. The zero-order valence-electron chi connectivity index (χ0n) is 14.7. The van der Waals surface area contributed by atoms with Gasteiger partial charge in [0.2, 0.25) is 0 Å². The van der Waals surface area contributed by atoms with Gasteiger partial charge in [0.05, 0.1) is 4.92 Å². The van der Waals surface area contributed by atoms with Crippen molar-refractivity contribution in [3.05, 3.63) is 106 Å². The molecule has 1 aliphatic heterocycles. The van der Waals surface area contributed by atoms with Crippen LogP contribution in [0.5, 0.6) is 5.75 Å². The summed E-state index contributed by atoms with van der Waals surface area (Å²) < 4.78 is 12.3. The van der Waals surface area contributed by atoms with E-state index in [0.29, 0.717) is 11.3 Å². The number of fused-ring (bicyclic) bond motifs is 1. The first-order valence-electron chi connectivity index (χ1n) is 8.50. The van der Waals surface area contributed by atoms with Crippen molar-refractivity contribution in [1.82, 2.24) is 0 Å². The van der Waals surface area contributed by atoms with E-state index in [1.54, 1.807) is 13.2 Å². The maximum Gasteiger partial charge on any atom is 0.270 e. The number of hydrogen-bond acceptors (Lipinski definition) is 4. The minimum absolute atomic E-state index is 0.0191. The minimum atomic E-state index is -1.15. The lowest BCUT2D eigenvalue weighted by Crippen LogP contribution is -2.38. The molecule has 0 saturated carbocycles. The zero-order chi connectivity index (χ0) is 18.9. The average molecular weight is 359 g/mol. The molecule has 1 aliphatic rings. The molecule has 4 rings (SSSR count). The standard InChI is InChI=1S/C22H17NO4/c1-26-22(18-10-6-3-7-11-18)20(16-8-4-2-5-9-16)15-17-14-19(23(24)25)12-13-21(17)27-22/h2-15H,1H3. The third-order valence-electron chi connectivity index (χ3n) is 4.64. The third kappa shape index (κ3) is 2.88. The number of rotatable bonds is 4. The van der Waals surface area contributed by atoms with Gasteiger partial charge in [0.1, 0.15) is 5.75 Å². The van der Waals surface area contributed by atoms with Gasteiger partial charge in [-0.1, -0.05) is 60.7 Å². The molecule has 3 aromatic rings. The van der Waals surface area contributed by atoms with Gasteiger partial charge in [-0.3, -0.25) is 10.1 Å². The number of methoxy groups -OCH3 is 1. The first-order valence-corrected chi connectivity index (χ1v) is 8.50. The number of nitrogens with zero attached hydrogens (tertiary/aromatic N) is 1. The summed E-state index contributed by atoms with van der Waals surface area (Å²) in [6.07, 6.45) is 1.90. The molecule has 5 heteroatoms. The molecule has 134 valence electrons. The van der Waals surface area contributed by atoms with Crippen LogP contribution in [0.3, 0.4) is 0 Å². The summed E-state index contributed by atoms with van der Waals surface area (Å²) in [6.45, 7) is 0. The van der Waals surface area contributed by atoms with E-state index >= 15 is 0 Å². The zero-order valence-corrected chi connectivity index (χ0v) is 14.7. The Hall–Kier alpha value is -3.44. The lowest BCUT2D eigenvalue weighted by atomic mass is 9.87. The highest BCUT2D eigenvalue weighted by atomic mass is 16.7. The Kier molecular flexibility index (Phi) is 4.22. The molecule has 1 unspecified atom stereocenters. The summed E-state index contributed by atoms with van der Waals surface area (Å²) in [4.78, 5) is 10.8. The van der Waals surface area contributed by atoms with Crippen molar-refractivity contribution in [2.75, 3.05) is 7.11 Å². The van der Waals surface area contributed by atoms with Crippen molar-refractivity contribution in [2.45, 2.75) is 5.79 Å². The Morgan fingerprint density at radius 2 is 1.63 bits per heavy atom. The first-order chi connectivity index (χ1) is 13.1. The molecular weight excluding hydrogens is 342 g/mol. The molecule has 27 heavy (non-hydrogen) atoms. The van der Waals surface area contributed by atoms with Gasteiger partial charge in [-0.25, -0.2) is 0 Å². The van der Waals surface area contributed by atoms with Gasteiger partial charge in [-0.05, 0) is 17.7 Å². The fourth-order valence-electron chi connectivity index (χ4n) is 3.35. The van der Waals surface area contributed by atoms with E-state index in [2.05, 4.69) is 0 Å². The fraction of sp³-hybridized carbons (Fsp3) is 0.0909. The van der Waals surface area contributed by atoms with Gasteiger partial charge in [-0.2, -0.15) is 0 Å². The van der Waals surface area contributed by atoms with Crippen LogP contribution in [0.15, 0.2) is 78.9 Å². The topological polar surface area (TPSA) is 61.6 Å². The molecular formula is C22H17NO4. The van der Waals surface area contributed by atoms with E-state index in [0.717, 1.165) is 16.7 Å². The second-order valence-electron chi connectivity index (χ2n) is 6.19. The number of nitro benzene ring substituents is 1. The van der Waals surface area contributed by atoms with Crippen LogP contribution in [0, 0.1) is 10.1 Å². The maximum absolute atomic E-state index is 11.2. The quantitative estimate of drug-likeness (QED) is 0.484. The summed E-state index contributed by atoms with van der Waals surface area (Å²) >= 11 is 0. The highest BCUT2D eigenvalue weighted by Gasteiger charge is 2.43. The Bertz CT molecular complexity index is 1010. The molecule has 0 fully saturated rings. The highest BCUT2D eigenvalue weighted by molar-refractivity contribution is 5.90. The van der Waals surface area contributed by atoms with Gasteiger partial charge < -0.3 is 9.47 Å². The maximum atomic E-state index is 11.2. The highest BCUT2D eigenvalue weighted by Crippen LogP contribution is 2.47. The van der Waals surface area contributed by atoms with Crippen LogP contribution in [0.2, 0.25) is 0 Å². The number of non-ortho nitro benzene ring substituents is 1. The molecule has 0 saturated heterocycles. The molecule has 0 amide bonds. The van der Waals surface area contributed by atoms with E-state index in [4.69, 9.17) is 9.47 Å². The van der Waals surface area contributed by atoms with Crippen LogP contribution >= 0.6 is 0 Å². The van der Waals surface area contributed by atoms with Crippen molar-refractivity contribution in [2.24, 2.45) is 0 Å². The van der Waals surface area contributed by atoms with Crippen LogP contribution in [-0.2, 0) is 10.5 Å². The predicted molar refractivity (Wildman–Crippen MR) is 103 cm³/mol. The van der Waals surface area contributed by atoms with E-state index in [9.17, 15) is 10.1 Å². The average Bonchev–Trinajstić information content (AvgIpc) is 2.73. The summed E-state index contributed by atoms with van der Waals surface area (Å²) in [7, 11) is 1.60. The predicted octanol–water partition coefficient (Wildman–Crippen LogP) is 5.03. The summed E-state index contributed by atoms with van der Waals surface area (Å²) in [5.74, 6) is -0.614. The van der Waals surface area contributed by atoms with Crippen LogP contribution < -0.4 is 4.74 Å². The Balaban J connectivity index is 1.97. The van der Waals surface area contributed by atoms with Gasteiger partial charge >= 0.3 is 0 Å². The molecule has 0 spiro atoms. The summed E-state index contributed by atoms with van der Waals surface area (Å²) in [5.41, 5.74) is 3.20. The number of hydrogen-bond donors (Lipinski definition) is 0. The summed E-state index contributed by atoms with van der Waals surface area (Å²) in [5, 5.41) is 11.2. The van der Waals surface area contributed by atoms with Crippen LogP contribution in [0.4, 0.5) is 5.69 Å².